The van der Waals surface area contributed by atoms with Gasteiger partial charge in [-0.2, -0.15) is 0 Å². The van der Waals surface area contributed by atoms with Crippen LogP contribution >= 0.6 is 15.9 Å². The van der Waals surface area contributed by atoms with Crippen LogP contribution in [-0.4, -0.2) is 28.3 Å². The van der Waals surface area contributed by atoms with E-state index in [2.05, 4.69) is 43.4 Å². The van der Waals surface area contributed by atoms with Gasteiger partial charge in [0.25, 0.3) is 0 Å². The largest absolute Gasteiger partial charge is 0.369 e. The average Bonchev–Trinajstić information content (AvgIpc) is 3.13. The predicted molar refractivity (Wildman–Crippen MR) is 111 cm³/mol. The first-order chi connectivity index (χ1) is 13.4. The number of hydrogen-bond donors (Lipinski definition) is 1. The van der Waals surface area contributed by atoms with E-state index in [0.29, 0.717) is 17.1 Å². The highest BCUT2D eigenvalue weighted by atomic mass is 79.9. The molecule has 2 heterocycles. The number of hydrogen-bond acceptors (Lipinski definition) is 7. The molecule has 8 nitrogen and oxygen atoms in total. The van der Waals surface area contributed by atoms with Gasteiger partial charge in [0.15, 0.2) is 5.52 Å². The number of nitrogens with one attached hydrogen (secondary N) is 1. The number of benzene rings is 2. The Morgan fingerprint density at radius 3 is 2.82 bits per heavy atom. The molecule has 0 amide bonds. The minimum atomic E-state index is -0.444. The van der Waals surface area contributed by atoms with Crippen LogP contribution in [0.2, 0.25) is 0 Å². The lowest BCUT2D eigenvalue weighted by atomic mass is 9.99. The molecule has 0 bridgehead atoms. The molecule has 1 saturated heterocycles. The Labute approximate surface area is 170 Å². The summed E-state index contributed by atoms with van der Waals surface area (Å²) in [6.45, 7) is 5.94. The number of nitro groups is 1. The molecule has 9 heteroatoms. The second-order valence-corrected chi connectivity index (χ2v) is 8.15. The zero-order valence-electron chi connectivity index (χ0n) is 15.6. The smallest absolute Gasteiger partial charge is 0.324 e. The van der Waals surface area contributed by atoms with E-state index in [4.69, 9.17) is 4.63 Å². The fourth-order valence-corrected chi connectivity index (χ4v) is 4.05. The number of halogens is 1. The average molecular weight is 446 g/mol. The lowest BCUT2D eigenvalue weighted by Crippen LogP contribution is -2.34. The Kier molecular flexibility index (Phi) is 4.92. The summed E-state index contributed by atoms with van der Waals surface area (Å²) in [6, 6.07) is 7.52. The highest BCUT2D eigenvalue weighted by Gasteiger charge is 2.29. The standard InChI is InChI=1S/C19H20BrN5O3/c1-11-4-3-7-24(10-11)16-9-15(21-13-6-5-12(2)14(20)8-13)19(25(26)27)18-17(16)22-28-23-18/h5-6,8-9,11,21H,3-4,7,10H2,1-2H3/t11-/m0/s1. The maximum absolute atomic E-state index is 11.8. The number of aromatic nitrogens is 2. The van der Waals surface area contributed by atoms with Crippen LogP contribution in [0.5, 0.6) is 0 Å². The van der Waals surface area contributed by atoms with Crippen molar-refractivity contribution >= 4 is 49.7 Å². The van der Waals surface area contributed by atoms with Gasteiger partial charge in [-0.25, -0.2) is 4.63 Å². The van der Waals surface area contributed by atoms with Gasteiger partial charge in [-0.15, -0.1) is 0 Å². The summed E-state index contributed by atoms with van der Waals surface area (Å²) in [4.78, 5) is 13.6. The van der Waals surface area contributed by atoms with Gasteiger partial charge >= 0.3 is 5.69 Å². The summed E-state index contributed by atoms with van der Waals surface area (Å²) in [5.74, 6) is 0.545. The third kappa shape index (κ3) is 3.42. The van der Waals surface area contributed by atoms with Crippen LogP contribution in [0.1, 0.15) is 25.3 Å². The first-order valence-electron chi connectivity index (χ1n) is 9.16. The second-order valence-electron chi connectivity index (χ2n) is 7.29. The molecular weight excluding hydrogens is 426 g/mol. The van der Waals surface area contributed by atoms with Crippen molar-refractivity contribution in [1.82, 2.24) is 10.3 Å². The molecule has 1 fully saturated rings. The van der Waals surface area contributed by atoms with Crippen molar-refractivity contribution in [2.24, 2.45) is 5.92 Å². The molecule has 2 aromatic carbocycles. The minimum absolute atomic E-state index is 0.137. The van der Waals surface area contributed by atoms with E-state index >= 15 is 0 Å². The number of nitrogens with zero attached hydrogens (tertiary/aromatic N) is 4. The van der Waals surface area contributed by atoms with Gasteiger partial charge in [0, 0.05) is 23.2 Å². The number of anilines is 3. The highest BCUT2D eigenvalue weighted by molar-refractivity contribution is 9.10. The van der Waals surface area contributed by atoms with Gasteiger partial charge in [0.2, 0.25) is 5.52 Å². The van der Waals surface area contributed by atoms with Gasteiger partial charge in [-0.1, -0.05) is 28.9 Å². The topological polar surface area (TPSA) is 97.3 Å². The number of rotatable bonds is 4. The lowest BCUT2D eigenvalue weighted by Gasteiger charge is -2.32. The quantitative estimate of drug-likeness (QED) is 0.436. The molecular formula is C19H20BrN5O3. The molecule has 1 aliphatic heterocycles. The normalized spacial score (nSPS) is 17.1. The molecule has 4 rings (SSSR count). The van der Waals surface area contributed by atoms with E-state index in [1.165, 1.54) is 6.42 Å². The van der Waals surface area contributed by atoms with E-state index in [0.717, 1.165) is 40.9 Å². The van der Waals surface area contributed by atoms with Crippen molar-refractivity contribution in [3.8, 4) is 0 Å². The maximum Gasteiger partial charge on any atom is 0.324 e. The zero-order chi connectivity index (χ0) is 19.8. The molecule has 146 valence electrons. The van der Waals surface area contributed by atoms with Crippen molar-refractivity contribution in [1.29, 1.82) is 0 Å². The van der Waals surface area contributed by atoms with E-state index < -0.39 is 4.92 Å². The van der Waals surface area contributed by atoms with Crippen LogP contribution in [0.25, 0.3) is 11.0 Å². The van der Waals surface area contributed by atoms with Crippen molar-refractivity contribution in [2.75, 3.05) is 23.3 Å². The maximum atomic E-state index is 11.8. The minimum Gasteiger partial charge on any atom is -0.369 e. The monoisotopic (exact) mass is 445 g/mol. The third-order valence-electron chi connectivity index (χ3n) is 5.12. The number of nitro benzene ring substituents is 1. The Hall–Kier alpha value is -2.68. The molecule has 0 radical (unpaired) electrons. The first kappa shape index (κ1) is 18.7. The molecule has 0 aliphatic carbocycles. The zero-order valence-corrected chi connectivity index (χ0v) is 17.2. The van der Waals surface area contributed by atoms with Crippen molar-refractivity contribution in [3.63, 3.8) is 0 Å². The summed E-state index contributed by atoms with van der Waals surface area (Å²) in [5.41, 5.74) is 3.46. The number of fused-ring (bicyclic) bond motifs is 1. The summed E-state index contributed by atoms with van der Waals surface area (Å²) in [5, 5.41) is 22.8. The van der Waals surface area contributed by atoms with Crippen LogP contribution < -0.4 is 10.2 Å². The number of piperidine rings is 1. The van der Waals surface area contributed by atoms with Gasteiger partial charge < -0.3 is 10.2 Å². The third-order valence-corrected chi connectivity index (χ3v) is 5.98. The molecule has 1 aliphatic rings. The summed E-state index contributed by atoms with van der Waals surface area (Å²) in [7, 11) is 0. The molecule has 1 aromatic heterocycles. The Morgan fingerprint density at radius 2 is 2.11 bits per heavy atom. The van der Waals surface area contributed by atoms with Gasteiger partial charge in [-0.05, 0) is 59.8 Å². The molecule has 1 atom stereocenters. The van der Waals surface area contributed by atoms with Crippen LogP contribution in [0.15, 0.2) is 33.4 Å². The summed E-state index contributed by atoms with van der Waals surface area (Å²) < 4.78 is 5.81. The summed E-state index contributed by atoms with van der Waals surface area (Å²) >= 11 is 3.50. The van der Waals surface area contributed by atoms with Crippen LogP contribution in [-0.2, 0) is 0 Å². The van der Waals surface area contributed by atoms with E-state index in [-0.39, 0.29) is 11.2 Å². The van der Waals surface area contributed by atoms with Gasteiger partial charge in [-0.3, -0.25) is 10.1 Å². The van der Waals surface area contributed by atoms with Crippen LogP contribution in [0.3, 0.4) is 0 Å². The molecule has 3 aromatic rings. The molecule has 0 saturated carbocycles. The Morgan fingerprint density at radius 1 is 1.32 bits per heavy atom. The second kappa shape index (κ2) is 7.38. The van der Waals surface area contributed by atoms with Gasteiger partial charge in [0.1, 0.15) is 5.69 Å². The Balaban J connectivity index is 1.84. The molecule has 1 N–H and O–H groups in total. The van der Waals surface area contributed by atoms with Crippen molar-refractivity contribution in [2.45, 2.75) is 26.7 Å². The number of aryl methyl sites for hydroxylation is 1. The van der Waals surface area contributed by atoms with E-state index in [9.17, 15) is 10.1 Å². The van der Waals surface area contributed by atoms with Gasteiger partial charge in [0.05, 0.1) is 10.6 Å². The molecule has 0 spiro atoms. The van der Waals surface area contributed by atoms with Crippen LogP contribution in [0.4, 0.5) is 22.7 Å². The Bertz CT molecular complexity index is 1050. The highest BCUT2D eigenvalue weighted by Crippen LogP contribution is 2.41. The SMILES string of the molecule is Cc1ccc(Nc2cc(N3CCC[C@H](C)C3)c3nonc3c2[N+](=O)[O-])cc1Br. The molecule has 28 heavy (non-hydrogen) atoms. The van der Waals surface area contributed by atoms with Crippen molar-refractivity contribution in [3.05, 3.63) is 44.4 Å². The first-order valence-corrected chi connectivity index (χ1v) is 9.95. The van der Waals surface area contributed by atoms with E-state index in [1.54, 1.807) is 6.07 Å². The fraction of sp³-hybridized carbons (Fsp3) is 0.368. The summed E-state index contributed by atoms with van der Waals surface area (Å²) in [6.07, 6.45) is 2.24. The van der Waals surface area contributed by atoms with E-state index in [1.807, 2.05) is 25.1 Å². The predicted octanol–water partition coefficient (Wildman–Crippen LogP) is 5.18. The van der Waals surface area contributed by atoms with Crippen LogP contribution in [0, 0.1) is 23.0 Å². The molecule has 0 unspecified atom stereocenters. The lowest BCUT2D eigenvalue weighted by molar-refractivity contribution is -0.382. The fourth-order valence-electron chi connectivity index (χ4n) is 3.67. The van der Waals surface area contributed by atoms with Crippen molar-refractivity contribution < 1.29 is 9.55 Å².